The number of aryl methyl sites for hydroxylation is 1. The highest BCUT2D eigenvalue weighted by Crippen LogP contribution is 2.31. The Kier molecular flexibility index (Phi) is 5.67. The summed E-state index contributed by atoms with van der Waals surface area (Å²) in [6.45, 7) is 1.85. The molecule has 2 aromatic carbocycles. The van der Waals surface area contributed by atoms with Crippen LogP contribution in [0.1, 0.15) is 15.9 Å². The van der Waals surface area contributed by atoms with Crippen molar-refractivity contribution < 1.29 is 22.7 Å². The molecular formula is C20H20ClNO5S. The maximum absolute atomic E-state index is 13.4. The van der Waals surface area contributed by atoms with Gasteiger partial charge in [0.25, 0.3) is 5.91 Å². The first-order valence-electron chi connectivity index (χ1n) is 8.48. The highest BCUT2D eigenvalue weighted by atomic mass is 35.5. The van der Waals surface area contributed by atoms with E-state index >= 15 is 0 Å². The maximum Gasteiger partial charge on any atom is 0.259 e. The lowest BCUT2D eigenvalue weighted by Crippen LogP contribution is -2.41. The second-order valence-corrected chi connectivity index (χ2v) is 8.77. The number of hydrogen-bond acceptors (Lipinski definition) is 5. The van der Waals surface area contributed by atoms with Gasteiger partial charge in [-0.1, -0.05) is 17.7 Å². The lowest BCUT2D eigenvalue weighted by atomic mass is 10.1. The Balaban J connectivity index is 2.10. The summed E-state index contributed by atoms with van der Waals surface area (Å²) >= 11 is 6.25. The first kappa shape index (κ1) is 20.2. The highest BCUT2D eigenvalue weighted by Gasteiger charge is 2.32. The third-order valence-electron chi connectivity index (χ3n) is 4.49. The van der Waals surface area contributed by atoms with Gasteiger partial charge in [0, 0.05) is 27.7 Å². The number of hydrogen-bond donors (Lipinski definition) is 0. The average molecular weight is 422 g/mol. The van der Waals surface area contributed by atoms with E-state index in [1.54, 1.807) is 36.4 Å². The van der Waals surface area contributed by atoms with Crippen LogP contribution in [0.25, 0.3) is 0 Å². The van der Waals surface area contributed by atoms with Crippen molar-refractivity contribution in [3.63, 3.8) is 0 Å². The molecule has 0 spiro atoms. The number of halogens is 1. The van der Waals surface area contributed by atoms with Gasteiger partial charge in [-0.25, -0.2) is 8.42 Å². The number of anilines is 1. The summed E-state index contributed by atoms with van der Waals surface area (Å²) in [5.41, 5.74) is 1.68. The molecule has 0 aliphatic carbocycles. The number of nitrogens with zero attached hydrogens (tertiary/aromatic N) is 1. The number of benzene rings is 2. The fourth-order valence-electron chi connectivity index (χ4n) is 2.98. The molecule has 0 saturated carbocycles. The monoisotopic (exact) mass is 421 g/mol. The van der Waals surface area contributed by atoms with Crippen LogP contribution in [0.4, 0.5) is 5.69 Å². The third kappa shape index (κ3) is 4.15. The smallest absolute Gasteiger partial charge is 0.259 e. The van der Waals surface area contributed by atoms with Gasteiger partial charge in [-0.3, -0.25) is 4.79 Å². The molecule has 0 aromatic heterocycles. The normalized spacial score (nSPS) is 17.4. The van der Waals surface area contributed by atoms with Crippen molar-refractivity contribution >= 4 is 33.0 Å². The molecule has 1 heterocycles. The Bertz CT molecular complexity index is 1030. The quantitative estimate of drug-likeness (QED) is 0.737. The minimum absolute atomic E-state index is 0.189. The van der Waals surface area contributed by atoms with E-state index in [1.807, 2.05) is 6.92 Å². The summed E-state index contributed by atoms with van der Waals surface area (Å²) in [4.78, 5) is 14.9. The molecule has 3 rings (SSSR count). The van der Waals surface area contributed by atoms with Crippen molar-refractivity contribution in [3.05, 3.63) is 64.0 Å². The minimum Gasteiger partial charge on any atom is -0.497 e. The lowest BCUT2D eigenvalue weighted by Gasteiger charge is -2.28. The van der Waals surface area contributed by atoms with Crippen molar-refractivity contribution in [2.75, 3.05) is 24.9 Å². The second-order valence-electron chi connectivity index (χ2n) is 6.44. The van der Waals surface area contributed by atoms with Crippen molar-refractivity contribution in [1.29, 1.82) is 0 Å². The lowest BCUT2D eigenvalue weighted by molar-refractivity contribution is 0.0982. The van der Waals surface area contributed by atoms with Gasteiger partial charge in [0.2, 0.25) is 0 Å². The van der Waals surface area contributed by atoms with Crippen LogP contribution in [0, 0.1) is 6.92 Å². The molecule has 0 saturated heterocycles. The molecule has 6 nitrogen and oxygen atoms in total. The van der Waals surface area contributed by atoms with Crippen molar-refractivity contribution in [2.24, 2.45) is 0 Å². The number of ether oxygens (including phenoxy) is 2. The van der Waals surface area contributed by atoms with E-state index in [0.717, 1.165) is 11.0 Å². The summed E-state index contributed by atoms with van der Waals surface area (Å²) in [7, 11) is -0.379. The van der Waals surface area contributed by atoms with Crippen molar-refractivity contribution in [1.82, 2.24) is 0 Å². The zero-order valence-electron chi connectivity index (χ0n) is 15.7. The predicted octanol–water partition coefficient (Wildman–Crippen LogP) is 3.62. The molecule has 0 radical (unpaired) electrons. The Morgan fingerprint density at radius 2 is 1.75 bits per heavy atom. The number of rotatable bonds is 5. The topological polar surface area (TPSA) is 72.9 Å². The Morgan fingerprint density at radius 1 is 1.11 bits per heavy atom. The maximum atomic E-state index is 13.4. The zero-order valence-corrected chi connectivity index (χ0v) is 17.3. The molecule has 0 unspecified atom stereocenters. The molecule has 0 bridgehead atoms. The van der Waals surface area contributed by atoms with Gasteiger partial charge in [-0.05, 0) is 42.8 Å². The number of methoxy groups -OCH3 is 2. The molecule has 8 heteroatoms. The third-order valence-corrected chi connectivity index (χ3v) is 6.28. The number of amides is 1. The second kappa shape index (κ2) is 7.85. The fourth-order valence-corrected chi connectivity index (χ4v) is 4.42. The SMILES string of the molecule is COc1cc(OC)cc(C(=O)N(c2ccc(C)c(Cl)c2)[C@@H]2C=CS(=O)(=O)C2)c1. The van der Waals surface area contributed by atoms with Crippen molar-refractivity contribution in [3.8, 4) is 11.5 Å². The summed E-state index contributed by atoms with van der Waals surface area (Å²) in [5, 5.41) is 1.63. The van der Waals surface area contributed by atoms with E-state index in [9.17, 15) is 13.2 Å². The van der Waals surface area contributed by atoms with E-state index in [0.29, 0.717) is 27.8 Å². The van der Waals surface area contributed by atoms with Crippen LogP contribution in [0.5, 0.6) is 11.5 Å². The number of carbonyl (C=O) groups excluding carboxylic acids is 1. The molecule has 1 atom stereocenters. The summed E-state index contributed by atoms with van der Waals surface area (Å²) in [5.74, 6) is 0.341. The molecule has 0 fully saturated rings. The van der Waals surface area contributed by atoms with E-state index in [4.69, 9.17) is 21.1 Å². The van der Waals surface area contributed by atoms with Crippen LogP contribution in [-0.2, 0) is 9.84 Å². The van der Waals surface area contributed by atoms with E-state index in [2.05, 4.69) is 0 Å². The first-order valence-corrected chi connectivity index (χ1v) is 10.6. The molecule has 28 heavy (non-hydrogen) atoms. The van der Waals surface area contributed by atoms with Gasteiger partial charge in [-0.15, -0.1) is 0 Å². The number of sulfone groups is 1. The van der Waals surface area contributed by atoms with Gasteiger partial charge in [0.05, 0.1) is 26.0 Å². The fraction of sp³-hybridized carbons (Fsp3) is 0.250. The average Bonchev–Trinajstić information content (AvgIpc) is 3.03. The largest absolute Gasteiger partial charge is 0.497 e. The van der Waals surface area contributed by atoms with E-state index in [1.165, 1.54) is 25.2 Å². The van der Waals surface area contributed by atoms with Gasteiger partial charge in [-0.2, -0.15) is 0 Å². The Labute approximate surface area is 169 Å². The summed E-state index contributed by atoms with van der Waals surface area (Å²) < 4.78 is 34.4. The van der Waals surface area contributed by atoms with Crippen LogP contribution in [-0.4, -0.2) is 40.3 Å². The Morgan fingerprint density at radius 3 is 2.25 bits per heavy atom. The van der Waals surface area contributed by atoms with Crippen LogP contribution in [0.15, 0.2) is 47.9 Å². The van der Waals surface area contributed by atoms with Gasteiger partial charge < -0.3 is 14.4 Å². The van der Waals surface area contributed by atoms with Crippen LogP contribution < -0.4 is 14.4 Å². The van der Waals surface area contributed by atoms with Crippen LogP contribution in [0.2, 0.25) is 5.02 Å². The molecule has 1 aliphatic rings. The molecule has 1 aliphatic heterocycles. The molecule has 2 aromatic rings. The van der Waals surface area contributed by atoms with Crippen LogP contribution in [0.3, 0.4) is 0 Å². The predicted molar refractivity (Wildman–Crippen MR) is 109 cm³/mol. The highest BCUT2D eigenvalue weighted by molar-refractivity contribution is 7.94. The summed E-state index contributed by atoms with van der Waals surface area (Å²) in [6, 6.07) is 9.37. The summed E-state index contributed by atoms with van der Waals surface area (Å²) in [6.07, 6.45) is 1.51. The molecular weight excluding hydrogens is 402 g/mol. The van der Waals surface area contributed by atoms with Gasteiger partial charge in [0.1, 0.15) is 11.5 Å². The Hall–Kier alpha value is -2.51. The molecule has 1 amide bonds. The molecule has 0 N–H and O–H groups in total. The number of carbonyl (C=O) groups is 1. The zero-order chi connectivity index (χ0) is 20.5. The molecule has 148 valence electrons. The minimum atomic E-state index is -3.36. The van der Waals surface area contributed by atoms with E-state index in [-0.39, 0.29) is 11.7 Å². The first-order chi connectivity index (χ1) is 13.2. The van der Waals surface area contributed by atoms with Gasteiger partial charge in [0.15, 0.2) is 9.84 Å². The van der Waals surface area contributed by atoms with E-state index < -0.39 is 15.9 Å². The standard InChI is InChI=1S/C20H20ClNO5S/c1-13-4-5-15(10-19(13)21)22(16-6-7-28(24,25)12-16)20(23)14-8-17(26-2)11-18(9-14)27-3/h4-11,16H,12H2,1-3H3/t16-/m1/s1. The van der Waals surface area contributed by atoms with Gasteiger partial charge >= 0.3 is 0 Å². The van der Waals surface area contributed by atoms with Crippen LogP contribution >= 0.6 is 11.6 Å². The van der Waals surface area contributed by atoms with Crippen molar-refractivity contribution in [2.45, 2.75) is 13.0 Å².